The third kappa shape index (κ3) is 8.63. The quantitative estimate of drug-likeness (QED) is 0.123. The maximum Gasteiger partial charge on any atom is 0.182 e. The van der Waals surface area contributed by atoms with E-state index in [1.165, 1.54) is 0 Å². The summed E-state index contributed by atoms with van der Waals surface area (Å²) in [5.41, 5.74) is 13.2. The zero-order valence-electron chi connectivity index (χ0n) is 45.9. The summed E-state index contributed by atoms with van der Waals surface area (Å²) in [6.45, 7) is 0. The van der Waals surface area contributed by atoms with E-state index in [2.05, 4.69) is 137 Å². The Kier molecular flexibility index (Phi) is 12.2. The van der Waals surface area contributed by atoms with Gasteiger partial charge in [0.15, 0.2) is 46.6 Å². The summed E-state index contributed by atoms with van der Waals surface area (Å²) in [6, 6.07) is 90.4. The van der Waals surface area contributed by atoms with Crippen molar-refractivity contribution < 1.29 is 0 Å². The molecule has 12 heteroatoms. The minimum atomic E-state index is 0.388. The Morgan fingerprint density at radius 1 is 0.233 bits per heavy atom. The lowest BCUT2D eigenvalue weighted by atomic mass is 9.89. The molecule has 12 nitrogen and oxygen atoms in total. The number of nitrogens with zero attached hydrogens (tertiary/aromatic N) is 12. The van der Waals surface area contributed by atoms with Crippen molar-refractivity contribution >= 4 is 43.6 Å². The Bertz CT molecular complexity index is 5040. The molecule has 0 N–H and O–H groups in total. The predicted octanol–water partition coefficient (Wildman–Crippen LogP) is 16.8. The number of aromatic nitrogens is 12. The summed E-state index contributed by atoms with van der Waals surface area (Å²) in [4.78, 5) is 53.0. The summed E-state index contributed by atoms with van der Waals surface area (Å²) in [6.07, 6.45) is 3.61. The van der Waals surface area contributed by atoms with Crippen LogP contribution in [-0.4, -0.2) is 59.0 Å². The first-order valence-electron chi connectivity index (χ1n) is 28.3. The molecule has 86 heavy (non-hydrogen) atoms. The molecule has 0 aliphatic rings. The van der Waals surface area contributed by atoms with Crippen molar-refractivity contribution in [3.63, 3.8) is 0 Å². The van der Waals surface area contributed by atoms with E-state index in [1.54, 1.807) is 12.4 Å². The van der Waals surface area contributed by atoms with E-state index in [-0.39, 0.29) is 0 Å². The molecule has 16 rings (SSSR count). The zero-order valence-corrected chi connectivity index (χ0v) is 45.9. The number of hydrogen-bond acceptors (Lipinski definition) is 10. The van der Waals surface area contributed by atoms with Gasteiger partial charge >= 0.3 is 0 Å². The Hall–Kier alpha value is -12.0. The van der Waals surface area contributed by atoms with Crippen molar-refractivity contribution in [3.8, 4) is 114 Å². The van der Waals surface area contributed by atoms with Crippen LogP contribution in [0.15, 0.2) is 279 Å². The second kappa shape index (κ2) is 21.1. The van der Waals surface area contributed by atoms with Crippen molar-refractivity contribution in [2.45, 2.75) is 0 Å². The molecular formula is C74H46N12. The lowest BCUT2D eigenvalue weighted by Crippen LogP contribution is -2.09. The third-order valence-electron chi connectivity index (χ3n) is 15.6. The van der Waals surface area contributed by atoms with Gasteiger partial charge in [-0.1, -0.05) is 224 Å². The van der Waals surface area contributed by atoms with E-state index >= 15 is 0 Å². The van der Waals surface area contributed by atoms with Crippen LogP contribution in [-0.2, 0) is 0 Å². The summed E-state index contributed by atoms with van der Waals surface area (Å²) < 4.78 is 4.72. The van der Waals surface area contributed by atoms with E-state index in [0.29, 0.717) is 58.0 Å². The Morgan fingerprint density at radius 3 is 1.00 bits per heavy atom. The van der Waals surface area contributed by atoms with Gasteiger partial charge in [0.05, 0.1) is 38.9 Å². The van der Waals surface area contributed by atoms with Gasteiger partial charge in [0, 0.05) is 67.4 Å². The summed E-state index contributed by atoms with van der Waals surface area (Å²) in [5, 5.41) is 4.04. The van der Waals surface area contributed by atoms with Crippen molar-refractivity contribution in [3.05, 3.63) is 279 Å². The molecule has 0 atom stereocenters. The molecule has 0 unspecified atom stereocenters. The standard InChI is InChI=1S/C74H46N12/c1-7-25-47(26-8-1)61-63(73-75-45-43-56(77-73)71-81-67(48-27-9-2-10-28-48)79-68(82-71)49-29-11-3-12-30-49)66(86-58-40-22-19-37-53(58)54-38-20-23-41-59(54)86)64(62-55-39-21-24-42-60(55)85(65(61)62)52-35-17-6-18-36-52)74-76-46-44-57(78-74)72-83-69(50-31-13-4-14-32-50)80-70(84-72)51-33-15-5-16-34-51/h1-46H. The highest BCUT2D eigenvalue weighted by atomic mass is 15.1. The lowest BCUT2D eigenvalue weighted by molar-refractivity contribution is 1.04. The average molecular weight is 1100 g/mol. The van der Waals surface area contributed by atoms with Crippen LogP contribution < -0.4 is 0 Å². The van der Waals surface area contributed by atoms with E-state index in [1.807, 2.05) is 140 Å². The molecule has 0 amide bonds. The first-order chi connectivity index (χ1) is 42.7. The molecule has 10 aromatic carbocycles. The van der Waals surface area contributed by atoms with E-state index in [9.17, 15) is 0 Å². The van der Waals surface area contributed by atoms with Crippen molar-refractivity contribution in [1.82, 2.24) is 59.0 Å². The molecule has 0 aliphatic carbocycles. The molecular weight excluding hydrogens is 1060 g/mol. The van der Waals surface area contributed by atoms with E-state index in [0.717, 1.165) is 99.5 Å². The van der Waals surface area contributed by atoms with Crippen LogP contribution in [0.2, 0.25) is 0 Å². The van der Waals surface area contributed by atoms with Crippen LogP contribution in [0.1, 0.15) is 0 Å². The van der Waals surface area contributed by atoms with Gasteiger partial charge in [-0.05, 0) is 48.0 Å². The molecule has 0 saturated heterocycles. The molecule has 0 fully saturated rings. The van der Waals surface area contributed by atoms with Gasteiger partial charge in [0.2, 0.25) is 0 Å². The van der Waals surface area contributed by atoms with Gasteiger partial charge in [0.1, 0.15) is 11.4 Å². The molecule has 0 radical (unpaired) electrons. The van der Waals surface area contributed by atoms with Crippen molar-refractivity contribution in [2.24, 2.45) is 0 Å². The Balaban J connectivity index is 1.08. The molecule has 6 heterocycles. The maximum atomic E-state index is 5.69. The highest BCUT2D eigenvalue weighted by Gasteiger charge is 2.33. The van der Waals surface area contributed by atoms with E-state index in [4.69, 9.17) is 49.8 Å². The predicted molar refractivity (Wildman–Crippen MR) is 342 cm³/mol. The third-order valence-corrected chi connectivity index (χ3v) is 15.6. The van der Waals surface area contributed by atoms with Crippen LogP contribution in [0.5, 0.6) is 0 Å². The zero-order chi connectivity index (χ0) is 56.9. The van der Waals surface area contributed by atoms with Crippen molar-refractivity contribution in [1.29, 1.82) is 0 Å². The normalized spacial score (nSPS) is 11.5. The van der Waals surface area contributed by atoms with Crippen LogP contribution in [0, 0.1) is 0 Å². The number of hydrogen-bond donors (Lipinski definition) is 0. The van der Waals surface area contributed by atoms with Gasteiger partial charge in [-0.15, -0.1) is 0 Å². The van der Waals surface area contributed by atoms with Crippen LogP contribution in [0.3, 0.4) is 0 Å². The monoisotopic (exact) mass is 1100 g/mol. The largest absolute Gasteiger partial charge is 0.309 e. The molecule has 402 valence electrons. The molecule has 0 saturated carbocycles. The van der Waals surface area contributed by atoms with Crippen molar-refractivity contribution in [2.75, 3.05) is 0 Å². The fourth-order valence-electron chi connectivity index (χ4n) is 11.8. The summed E-state index contributed by atoms with van der Waals surface area (Å²) in [5.74, 6) is 3.70. The second-order valence-electron chi connectivity index (χ2n) is 20.7. The molecule has 0 bridgehead atoms. The van der Waals surface area contributed by atoms with Crippen LogP contribution in [0.4, 0.5) is 0 Å². The lowest BCUT2D eigenvalue weighted by Gasteiger charge is -2.24. The maximum absolute atomic E-state index is 5.69. The molecule has 16 aromatic rings. The van der Waals surface area contributed by atoms with Crippen LogP contribution in [0.25, 0.3) is 157 Å². The molecule has 6 aromatic heterocycles. The highest BCUT2D eigenvalue weighted by molar-refractivity contribution is 6.25. The minimum Gasteiger partial charge on any atom is -0.309 e. The first-order valence-corrected chi connectivity index (χ1v) is 28.3. The van der Waals surface area contributed by atoms with Gasteiger partial charge < -0.3 is 9.13 Å². The van der Waals surface area contributed by atoms with E-state index < -0.39 is 0 Å². The van der Waals surface area contributed by atoms with Gasteiger partial charge in [-0.25, -0.2) is 49.8 Å². The SMILES string of the molecule is c1ccc(-c2nc(-c3ccccc3)nc(-c3ccnc(-c4c(-n5c6ccccc6c6ccccc65)c(-c5nccc(-c6nc(-c7ccccc7)nc(-c7ccccc7)n6)n5)c5c6ccccc6n(-c6ccccc6)c5c4-c4ccccc4)n3)n2)cc1. The average Bonchev–Trinajstić information content (AvgIpc) is 2.80. The smallest absolute Gasteiger partial charge is 0.182 e. The Morgan fingerprint density at radius 2 is 0.570 bits per heavy atom. The first kappa shape index (κ1) is 49.8. The second-order valence-corrected chi connectivity index (χ2v) is 20.7. The number of para-hydroxylation sites is 4. The minimum absolute atomic E-state index is 0.388. The Labute approximate surface area is 493 Å². The number of fused-ring (bicyclic) bond motifs is 6. The number of rotatable bonds is 11. The van der Waals surface area contributed by atoms with Crippen LogP contribution >= 0.6 is 0 Å². The fraction of sp³-hybridized carbons (Fsp3) is 0. The van der Waals surface area contributed by atoms with Gasteiger partial charge in [-0.3, -0.25) is 0 Å². The highest BCUT2D eigenvalue weighted by Crippen LogP contribution is 2.53. The topological polar surface area (TPSA) is 139 Å². The summed E-state index contributed by atoms with van der Waals surface area (Å²) >= 11 is 0. The van der Waals surface area contributed by atoms with Gasteiger partial charge in [-0.2, -0.15) is 0 Å². The summed E-state index contributed by atoms with van der Waals surface area (Å²) in [7, 11) is 0. The molecule has 0 aliphatic heterocycles. The van der Waals surface area contributed by atoms with Gasteiger partial charge in [0.25, 0.3) is 0 Å². The number of benzene rings is 10. The fourth-order valence-corrected chi connectivity index (χ4v) is 11.8. The molecule has 0 spiro atoms.